The Bertz CT molecular complexity index is 46.1. The van der Waals surface area contributed by atoms with Crippen molar-refractivity contribution in [1.29, 1.82) is 0 Å². The van der Waals surface area contributed by atoms with E-state index < -0.39 is 0 Å². The molecule has 1 saturated carbocycles. The molecule has 0 radical (unpaired) electrons. The van der Waals surface area contributed by atoms with Gasteiger partial charge < -0.3 is 5.11 Å². The summed E-state index contributed by atoms with van der Waals surface area (Å²) >= 11 is 0. The van der Waals surface area contributed by atoms with Crippen molar-refractivity contribution >= 4 is 0 Å². The van der Waals surface area contributed by atoms with Gasteiger partial charge in [-0.1, -0.05) is 19.3 Å². The van der Waals surface area contributed by atoms with Crippen LogP contribution in [0.3, 0.4) is 0 Å². The molecule has 0 bridgehead atoms. The second-order valence-electron chi connectivity index (χ2n) is 2.29. The zero-order valence-electron chi connectivity index (χ0n) is 4.56. The van der Waals surface area contributed by atoms with Crippen LogP contribution in [0.1, 0.15) is 32.1 Å². The Balaban J connectivity index is 2.12. The van der Waals surface area contributed by atoms with Crippen LogP contribution in [-0.2, 0) is 0 Å². The Morgan fingerprint density at radius 1 is 1.00 bits per heavy atom. The smallest absolute Gasteiger partial charge is 0.0540 e. The molecule has 0 atom stereocenters. The van der Waals surface area contributed by atoms with Gasteiger partial charge in [-0.05, 0) is 12.8 Å². The van der Waals surface area contributed by atoms with E-state index in [1.807, 2.05) is 0 Å². The van der Waals surface area contributed by atoms with Crippen molar-refractivity contribution in [1.82, 2.24) is 0 Å². The summed E-state index contributed by atoms with van der Waals surface area (Å²) in [6.07, 6.45) is 5.92. The molecule has 1 aliphatic carbocycles. The van der Waals surface area contributed by atoms with Crippen LogP contribution >= 0.6 is 0 Å². The number of aliphatic hydroxyl groups excluding tert-OH is 1. The third-order valence-electron chi connectivity index (χ3n) is 1.57. The van der Waals surface area contributed by atoms with Gasteiger partial charge in [-0.15, -0.1) is 0 Å². The Hall–Kier alpha value is -0.0400. The number of rotatable bonds is 0. The van der Waals surface area contributed by atoms with Crippen molar-refractivity contribution in [2.24, 2.45) is 0 Å². The topological polar surface area (TPSA) is 20.2 Å². The van der Waals surface area contributed by atoms with E-state index in [9.17, 15) is 0 Å². The lowest BCUT2D eigenvalue weighted by molar-refractivity contribution is 0.130. The highest BCUT2D eigenvalue weighted by Gasteiger charge is 2.07. The molecule has 1 N–H and O–H groups in total. The van der Waals surface area contributed by atoms with Gasteiger partial charge in [0.1, 0.15) is 0 Å². The maximum atomic E-state index is 8.91. The Morgan fingerprint density at radius 3 is 1.86 bits per heavy atom. The van der Waals surface area contributed by atoms with Gasteiger partial charge in [0, 0.05) is 0 Å². The molecular weight excluding hydrogens is 89.1 g/mol. The van der Waals surface area contributed by atoms with Gasteiger partial charge >= 0.3 is 0 Å². The Kier molecular flexibility index (Phi) is 1.69. The SMILES string of the molecule is O[13CH]1CCCCC1. The van der Waals surface area contributed by atoms with Crippen molar-refractivity contribution in [3.8, 4) is 0 Å². The van der Waals surface area contributed by atoms with E-state index >= 15 is 0 Å². The van der Waals surface area contributed by atoms with Gasteiger partial charge in [-0.2, -0.15) is 0 Å². The Labute approximate surface area is 44.4 Å². The third-order valence-corrected chi connectivity index (χ3v) is 1.57. The molecule has 42 valence electrons. The van der Waals surface area contributed by atoms with Crippen LogP contribution in [-0.4, -0.2) is 11.2 Å². The minimum Gasteiger partial charge on any atom is -0.393 e. The maximum Gasteiger partial charge on any atom is 0.0540 e. The molecule has 1 nitrogen and oxygen atoms in total. The molecule has 0 saturated heterocycles. The molecule has 0 aromatic heterocycles. The van der Waals surface area contributed by atoms with E-state index in [4.69, 9.17) is 5.11 Å². The first-order valence-corrected chi connectivity index (χ1v) is 3.07. The highest BCUT2D eigenvalue weighted by Crippen LogP contribution is 2.16. The normalized spacial score (nSPS) is 25.3. The lowest BCUT2D eigenvalue weighted by atomic mass is 10.1. The van der Waals surface area contributed by atoms with Crippen molar-refractivity contribution in [3.63, 3.8) is 0 Å². The second kappa shape index (κ2) is 2.31. The van der Waals surface area contributed by atoms with E-state index in [0.717, 1.165) is 12.8 Å². The summed E-state index contributed by atoms with van der Waals surface area (Å²) in [5, 5.41) is 8.91. The van der Waals surface area contributed by atoms with Gasteiger partial charge in [-0.25, -0.2) is 0 Å². The molecule has 0 spiro atoms. The quantitative estimate of drug-likeness (QED) is 0.456. The minimum atomic E-state index is 0.0359. The van der Waals surface area contributed by atoms with Crippen LogP contribution in [0.2, 0.25) is 0 Å². The second-order valence-corrected chi connectivity index (χ2v) is 2.29. The van der Waals surface area contributed by atoms with Crippen LogP contribution in [0.15, 0.2) is 0 Å². The third kappa shape index (κ3) is 1.48. The first kappa shape index (κ1) is 5.10. The number of hydrogen-bond donors (Lipinski definition) is 1. The molecule has 1 heteroatoms. The molecule has 7 heavy (non-hydrogen) atoms. The Morgan fingerprint density at radius 2 is 1.57 bits per heavy atom. The summed E-state index contributed by atoms with van der Waals surface area (Å²) in [7, 11) is 0. The fourth-order valence-corrected chi connectivity index (χ4v) is 1.08. The fraction of sp³-hybridized carbons (Fsp3) is 1.00. The molecule has 0 unspecified atom stereocenters. The van der Waals surface area contributed by atoms with E-state index in [-0.39, 0.29) is 6.10 Å². The van der Waals surface area contributed by atoms with Gasteiger partial charge in [0.05, 0.1) is 6.10 Å². The van der Waals surface area contributed by atoms with Crippen LogP contribution < -0.4 is 0 Å². The predicted octanol–water partition coefficient (Wildman–Crippen LogP) is 1.31. The van der Waals surface area contributed by atoms with Crippen molar-refractivity contribution in [2.45, 2.75) is 38.2 Å². The van der Waals surface area contributed by atoms with Gasteiger partial charge in [0.25, 0.3) is 0 Å². The van der Waals surface area contributed by atoms with E-state index in [2.05, 4.69) is 0 Å². The summed E-state index contributed by atoms with van der Waals surface area (Å²) < 4.78 is 0. The van der Waals surface area contributed by atoms with Crippen molar-refractivity contribution < 1.29 is 5.11 Å². The molecule has 1 aliphatic rings. The first-order chi connectivity index (χ1) is 3.39. The molecule has 0 aliphatic heterocycles. The molecule has 0 aromatic rings. The van der Waals surface area contributed by atoms with Crippen molar-refractivity contribution in [2.75, 3.05) is 0 Å². The van der Waals surface area contributed by atoms with Gasteiger partial charge in [0.2, 0.25) is 0 Å². The number of hydrogen-bond acceptors (Lipinski definition) is 1. The average molecular weight is 101 g/mol. The lowest BCUT2D eigenvalue weighted by Gasteiger charge is -2.14. The molecule has 1 fully saturated rings. The summed E-state index contributed by atoms with van der Waals surface area (Å²) in [6, 6.07) is 0. The van der Waals surface area contributed by atoms with E-state index in [1.165, 1.54) is 19.3 Å². The van der Waals surface area contributed by atoms with Gasteiger partial charge in [-0.3, -0.25) is 0 Å². The summed E-state index contributed by atoms with van der Waals surface area (Å²) in [6.45, 7) is 0. The fourth-order valence-electron chi connectivity index (χ4n) is 1.08. The first-order valence-electron chi connectivity index (χ1n) is 3.07. The average Bonchev–Trinajstić information content (AvgIpc) is 1.69. The molecule has 0 amide bonds. The van der Waals surface area contributed by atoms with Crippen LogP contribution in [0.25, 0.3) is 0 Å². The molecular formula is C6H12O. The van der Waals surface area contributed by atoms with E-state index in [0.29, 0.717) is 0 Å². The molecule has 1 rings (SSSR count). The maximum absolute atomic E-state index is 8.91. The monoisotopic (exact) mass is 101 g/mol. The largest absolute Gasteiger partial charge is 0.393 e. The van der Waals surface area contributed by atoms with Crippen LogP contribution in [0.4, 0.5) is 0 Å². The lowest BCUT2D eigenvalue weighted by Crippen LogP contribution is -2.09. The highest BCUT2D eigenvalue weighted by molar-refractivity contribution is 4.61. The summed E-state index contributed by atoms with van der Waals surface area (Å²) in [5.41, 5.74) is 0. The van der Waals surface area contributed by atoms with Crippen molar-refractivity contribution in [3.05, 3.63) is 0 Å². The highest BCUT2D eigenvalue weighted by atomic mass is 16.3. The molecule has 0 heterocycles. The zero-order chi connectivity index (χ0) is 5.11. The van der Waals surface area contributed by atoms with E-state index in [1.54, 1.807) is 0 Å². The standard InChI is InChI=1S/C6H12O/c7-6-4-2-1-3-5-6/h6-7H,1-5H2/i6+1. The predicted molar refractivity (Wildman–Crippen MR) is 29.1 cm³/mol. The zero-order valence-corrected chi connectivity index (χ0v) is 4.56. The molecule has 0 aromatic carbocycles. The van der Waals surface area contributed by atoms with Crippen LogP contribution in [0.5, 0.6) is 0 Å². The van der Waals surface area contributed by atoms with Gasteiger partial charge in [0.15, 0.2) is 0 Å². The summed E-state index contributed by atoms with van der Waals surface area (Å²) in [5.74, 6) is 0. The van der Waals surface area contributed by atoms with Crippen LogP contribution in [0, 0.1) is 0 Å². The number of aliphatic hydroxyl groups is 1. The summed E-state index contributed by atoms with van der Waals surface area (Å²) in [4.78, 5) is 0. The minimum absolute atomic E-state index is 0.0359.